The molecule has 1 heterocycles. The lowest BCUT2D eigenvalue weighted by molar-refractivity contribution is 1.22. The van der Waals surface area contributed by atoms with Crippen molar-refractivity contribution in [1.29, 1.82) is 0 Å². The molecule has 1 aromatic heterocycles. The highest BCUT2D eigenvalue weighted by Crippen LogP contribution is 2.50. The molecule has 6 aromatic carbocycles. The molecule has 230 valence electrons. The van der Waals surface area contributed by atoms with E-state index in [0.29, 0.717) is 4.32 Å². The Morgan fingerprint density at radius 2 is 0.596 bits per heavy atom. The largest absolute Gasteiger partial charge is 0.411 e. The second-order valence-corrected chi connectivity index (χ2v) is 18.1. The van der Waals surface area contributed by atoms with Crippen molar-refractivity contribution in [2.75, 3.05) is 0 Å². The van der Waals surface area contributed by atoms with E-state index in [-0.39, 0.29) is 0 Å². The van der Waals surface area contributed by atoms with E-state index in [1.165, 1.54) is 31.8 Å². The highest BCUT2D eigenvalue weighted by atomic mass is 32.1. The quantitative estimate of drug-likeness (QED) is 0.0781. The molecule has 0 unspecified atom stereocenters. The summed E-state index contributed by atoms with van der Waals surface area (Å²) in [5.74, 6) is 0. The van der Waals surface area contributed by atoms with Crippen molar-refractivity contribution < 1.29 is 0 Å². The summed E-state index contributed by atoms with van der Waals surface area (Å²) in [5.41, 5.74) is 0. The number of nitrogens with zero attached hydrogens (tertiary/aromatic N) is 2. The van der Waals surface area contributed by atoms with Crippen LogP contribution in [0.4, 0.5) is 0 Å². The molecule has 0 amide bonds. The molecular formula is C41H34N2P2S2. The number of hydrogen-bond acceptors (Lipinski definition) is 2. The second-order valence-electron chi connectivity index (χ2n) is 10.7. The molecule has 0 spiro atoms. The molecule has 7 rings (SSSR count). The third kappa shape index (κ3) is 6.95. The summed E-state index contributed by atoms with van der Waals surface area (Å²) in [6.45, 7) is 0. The Bertz CT molecular complexity index is 1790. The zero-order valence-corrected chi connectivity index (χ0v) is 29.2. The molecule has 0 saturated carbocycles. The van der Waals surface area contributed by atoms with Gasteiger partial charge in [0.15, 0.2) is 0 Å². The van der Waals surface area contributed by atoms with Gasteiger partial charge in [0.2, 0.25) is 0 Å². The maximum absolute atomic E-state index is 6.38. The van der Waals surface area contributed by atoms with Crippen molar-refractivity contribution in [3.05, 3.63) is 207 Å². The smallest absolute Gasteiger partial charge is 0.301 e. The topological polar surface area (TPSA) is 19.0 Å². The summed E-state index contributed by atoms with van der Waals surface area (Å²) in [6, 6.07) is 69.4. The van der Waals surface area contributed by atoms with Gasteiger partial charge in [-0.3, -0.25) is 0 Å². The van der Waals surface area contributed by atoms with E-state index >= 15 is 0 Å². The minimum atomic E-state index is -2.50. The summed E-state index contributed by atoms with van der Waals surface area (Å²) in [5, 5.41) is 7.55. The van der Waals surface area contributed by atoms with Crippen LogP contribution >= 0.6 is 26.3 Å². The molecule has 6 heteroatoms. The molecule has 0 atom stereocenters. The van der Waals surface area contributed by atoms with Crippen LogP contribution in [0.25, 0.3) is 0 Å². The van der Waals surface area contributed by atoms with Gasteiger partial charge in [-0.25, -0.2) is 0 Å². The van der Waals surface area contributed by atoms with Crippen LogP contribution in [0.1, 0.15) is 0 Å². The van der Waals surface area contributed by atoms with Crippen LogP contribution in [0.3, 0.4) is 0 Å². The van der Waals surface area contributed by atoms with Gasteiger partial charge in [0.25, 0.3) is 0 Å². The Morgan fingerprint density at radius 3 is 0.766 bits per heavy atom. The lowest BCUT2D eigenvalue weighted by Gasteiger charge is -2.20. The van der Waals surface area contributed by atoms with Gasteiger partial charge in [0.1, 0.15) is 0 Å². The van der Waals surface area contributed by atoms with Gasteiger partial charge in [-0.1, -0.05) is 114 Å². The number of thiocarbonyl (C=S) groups is 1. The average molecular weight is 681 g/mol. The first kappa shape index (κ1) is 32.4. The van der Waals surface area contributed by atoms with Crippen LogP contribution in [-0.2, 0) is 12.6 Å². The summed E-state index contributed by atoms with van der Waals surface area (Å²) in [7, 11) is -4.99. The lowest BCUT2D eigenvalue weighted by atomic mass is 10.4. The molecule has 0 N–H and O–H groups in total. The van der Waals surface area contributed by atoms with E-state index < -0.39 is 14.1 Å². The fraction of sp³-hybridized carbons (Fsp3) is 0. The van der Waals surface area contributed by atoms with Crippen molar-refractivity contribution in [2.45, 2.75) is 0 Å². The first-order valence-corrected chi connectivity index (χ1v) is 19.7. The monoisotopic (exact) mass is 680 g/mol. The average Bonchev–Trinajstić information content (AvgIpc) is 3.71. The van der Waals surface area contributed by atoms with Crippen molar-refractivity contribution in [1.82, 2.24) is 8.74 Å². The predicted octanol–water partition coefficient (Wildman–Crippen LogP) is 7.58. The molecule has 0 aliphatic carbocycles. The third-order valence-electron chi connectivity index (χ3n) is 7.86. The van der Waals surface area contributed by atoms with Crippen LogP contribution in [0.5, 0.6) is 0 Å². The number of rotatable bonds is 6. The molecule has 2 nitrogen and oxygen atoms in total. The van der Waals surface area contributed by atoms with Gasteiger partial charge in [0, 0.05) is 12.4 Å². The predicted molar refractivity (Wildman–Crippen MR) is 212 cm³/mol. The molecule has 0 saturated heterocycles. The maximum Gasteiger partial charge on any atom is 0.301 e. The molecule has 0 fully saturated rings. The molecule has 0 bridgehead atoms. The fourth-order valence-electron chi connectivity index (χ4n) is 5.72. The minimum Gasteiger partial charge on any atom is -0.411 e. The van der Waals surface area contributed by atoms with Gasteiger partial charge < -0.3 is 29.4 Å². The fourth-order valence-corrected chi connectivity index (χ4v) is 15.5. The van der Waals surface area contributed by atoms with E-state index in [9.17, 15) is 0 Å². The highest BCUT2D eigenvalue weighted by Gasteiger charge is 2.44. The van der Waals surface area contributed by atoms with E-state index in [1.54, 1.807) is 4.57 Å². The van der Waals surface area contributed by atoms with Crippen molar-refractivity contribution in [3.8, 4) is 0 Å². The minimum absolute atomic E-state index is 0.468. The van der Waals surface area contributed by atoms with E-state index in [2.05, 4.69) is 182 Å². The molecule has 0 aliphatic heterocycles. The zero-order chi connectivity index (χ0) is 32.4. The molecular weight excluding hydrogens is 647 g/mol. The number of hydrogen-bond donors (Lipinski definition) is 0. The van der Waals surface area contributed by atoms with Gasteiger partial charge in [-0.05, 0) is 84.9 Å². The molecule has 7 aromatic rings. The van der Waals surface area contributed by atoms with Crippen LogP contribution < -0.4 is 36.0 Å². The van der Waals surface area contributed by atoms with Crippen LogP contribution in [-0.4, -0.2) is 8.89 Å². The summed E-state index contributed by atoms with van der Waals surface area (Å²) in [6.07, 6.45) is 3.66. The molecule has 0 aliphatic rings. The van der Waals surface area contributed by atoms with Crippen LogP contribution in [0.15, 0.2) is 207 Å². The lowest BCUT2D eigenvalue weighted by Crippen LogP contribution is -2.31. The summed E-state index contributed by atoms with van der Waals surface area (Å²) < 4.78 is 8.56. The second kappa shape index (κ2) is 15.4. The zero-order valence-electron chi connectivity index (χ0n) is 25.7. The van der Waals surface area contributed by atoms with Crippen molar-refractivity contribution >= 4 is 75.1 Å². The molecule has 0 radical (unpaired) electrons. The number of benzene rings is 6. The van der Waals surface area contributed by atoms with Gasteiger partial charge in [-0.2, -0.15) is 0 Å². The number of aromatic nitrogens is 1. The van der Waals surface area contributed by atoms with E-state index in [1.807, 2.05) is 24.5 Å². The Labute approximate surface area is 289 Å². The Morgan fingerprint density at radius 1 is 0.383 bits per heavy atom. The third-order valence-corrected chi connectivity index (χ3v) is 16.7. The molecule has 47 heavy (non-hydrogen) atoms. The van der Waals surface area contributed by atoms with E-state index in [4.69, 9.17) is 29.0 Å². The van der Waals surface area contributed by atoms with Crippen LogP contribution in [0, 0.1) is 0 Å². The van der Waals surface area contributed by atoms with Crippen LogP contribution in [0.2, 0.25) is 0 Å². The van der Waals surface area contributed by atoms with Gasteiger partial charge >= 0.3 is 14.1 Å². The Kier molecular flexibility index (Phi) is 10.6. The summed E-state index contributed by atoms with van der Waals surface area (Å²) in [4.78, 5) is 0. The van der Waals surface area contributed by atoms with Gasteiger partial charge in [0.05, 0.1) is 31.8 Å². The van der Waals surface area contributed by atoms with E-state index in [0.717, 1.165) is 0 Å². The maximum atomic E-state index is 6.38. The normalized spacial score (nSPS) is 11.1. The van der Waals surface area contributed by atoms with Crippen molar-refractivity contribution in [2.24, 2.45) is 0 Å². The first-order valence-electron chi connectivity index (χ1n) is 15.4. The first-order chi connectivity index (χ1) is 23.1. The van der Waals surface area contributed by atoms with Gasteiger partial charge in [-0.15, -0.1) is 4.17 Å². The van der Waals surface area contributed by atoms with Crippen molar-refractivity contribution in [3.63, 3.8) is 0 Å². The SMILES string of the molecule is S=C([S-])n1cccc1.c1ccc(P(=[N+]=P(c2ccccc2)(c2ccccc2)c2ccccc2)(c2ccccc2)c2ccccc2)cc1. The Hall–Kier alpha value is -4.52. The standard InChI is InChI=1S/C36H30NP2.C5H5NS2/c1-7-19-31(20-8-1)38(32-21-9-2-10-22-32,33-23-11-3-12-24-33)37-39(34-25-13-4-14-26-34,35-27-15-5-16-28-35)36-29-17-6-18-30-36;7-5(8)6-3-1-2-4-6/h1-30H;1-4H,(H,7,8)/q+1;/p-1. The summed E-state index contributed by atoms with van der Waals surface area (Å²) >= 11 is 9.39. The highest BCUT2D eigenvalue weighted by molar-refractivity contribution is 8.00. The Balaban J connectivity index is 0.000000424.